The van der Waals surface area contributed by atoms with E-state index in [4.69, 9.17) is 27.9 Å². The Morgan fingerprint density at radius 3 is 2.43 bits per heavy atom. The van der Waals surface area contributed by atoms with Crippen LogP contribution in [0.2, 0.25) is 10.0 Å². The highest BCUT2D eigenvalue weighted by atomic mass is 35.5. The average Bonchev–Trinajstić information content (AvgIpc) is 2.49. The molecule has 2 rings (SSSR count). The van der Waals surface area contributed by atoms with Gasteiger partial charge in [0.15, 0.2) is 5.75 Å². The molecule has 0 bridgehead atoms. The van der Waals surface area contributed by atoms with E-state index in [1.807, 2.05) is 0 Å². The van der Waals surface area contributed by atoms with Crippen LogP contribution in [0.5, 0.6) is 5.75 Å². The van der Waals surface area contributed by atoms with Gasteiger partial charge in [-0.25, -0.2) is 8.42 Å². The summed E-state index contributed by atoms with van der Waals surface area (Å²) in [5, 5.41) is 0.394. The smallest absolute Gasteiger partial charge is 0.247 e. The monoisotopic (exact) mass is 353 g/mol. The van der Waals surface area contributed by atoms with Gasteiger partial charge in [-0.1, -0.05) is 23.2 Å². The highest BCUT2D eigenvalue weighted by Gasteiger charge is 2.33. The second kappa shape index (κ2) is 6.71. The van der Waals surface area contributed by atoms with E-state index in [2.05, 4.69) is 6.92 Å². The van der Waals surface area contributed by atoms with Gasteiger partial charge in [-0.15, -0.1) is 0 Å². The zero-order valence-corrected chi connectivity index (χ0v) is 14.4. The third-order valence-corrected chi connectivity index (χ3v) is 6.47. The molecule has 1 N–H and O–H groups in total. The number of methoxy groups -OCH3 is 1. The number of halogens is 2. The van der Waals surface area contributed by atoms with Crippen molar-refractivity contribution in [3.05, 3.63) is 22.2 Å². The molecule has 1 aromatic rings. The molecule has 0 unspecified atom stereocenters. The molecule has 0 saturated carbocycles. The van der Waals surface area contributed by atoms with Gasteiger partial charge in [-0.3, -0.25) is 0 Å². The number of benzene rings is 1. The predicted octanol–water partition coefficient (Wildman–Crippen LogP) is 0.911. The maximum absolute atomic E-state index is 12.8. The van der Waals surface area contributed by atoms with Gasteiger partial charge in [0.25, 0.3) is 0 Å². The molecule has 0 radical (unpaired) electrons. The summed E-state index contributed by atoms with van der Waals surface area (Å²) in [6.07, 6.45) is 0. The summed E-state index contributed by atoms with van der Waals surface area (Å²) >= 11 is 12.0. The fourth-order valence-corrected chi connectivity index (χ4v) is 4.49. The van der Waals surface area contributed by atoms with Crippen molar-refractivity contribution < 1.29 is 18.1 Å². The summed E-state index contributed by atoms with van der Waals surface area (Å²) < 4.78 is 32.2. The van der Waals surface area contributed by atoms with Crippen molar-refractivity contribution in [1.29, 1.82) is 0 Å². The zero-order chi connectivity index (χ0) is 15.6. The molecule has 1 fully saturated rings. The number of quaternary nitrogens is 1. The van der Waals surface area contributed by atoms with Crippen molar-refractivity contribution >= 4 is 33.2 Å². The largest absolute Gasteiger partial charge is 0.494 e. The van der Waals surface area contributed by atoms with Crippen molar-refractivity contribution in [3.8, 4) is 5.75 Å². The minimum Gasteiger partial charge on any atom is -0.494 e. The van der Waals surface area contributed by atoms with E-state index in [1.54, 1.807) is 0 Å². The van der Waals surface area contributed by atoms with E-state index < -0.39 is 10.0 Å². The predicted molar refractivity (Wildman–Crippen MR) is 83.0 cm³/mol. The van der Waals surface area contributed by atoms with Crippen LogP contribution in [0, 0.1) is 0 Å². The van der Waals surface area contributed by atoms with Crippen LogP contribution in [0.3, 0.4) is 0 Å². The summed E-state index contributed by atoms with van der Waals surface area (Å²) in [4.78, 5) is 1.47. The molecule has 0 aromatic heterocycles. The quantitative estimate of drug-likeness (QED) is 0.875. The van der Waals surface area contributed by atoms with E-state index >= 15 is 0 Å². The van der Waals surface area contributed by atoms with Gasteiger partial charge in [0.2, 0.25) is 10.0 Å². The maximum Gasteiger partial charge on any atom is 0.247 e. The normalized spacial score (nSPS) is 17.9. The van der Waals surface area contributed by atoms with E-state index in [0.717, 1.165) is 19.6 Å². The van der Waals surface area contributed by atoms with Gasteiger partial charge in [0, 0.05) is 0 Å². The highest BCUT2D eigenvalue weighted by molar-refractivity contribution is 7.89. The summed E-state index contributed by atoms with van der Waals surface area (Å²) in [5.41, 5.74) is 0. The van der Waals surface area contributed by atoms with Gasteiger partial charge in [0.1, 0.15) is 9.92 Å². The average molecular weight is 354 g/mol. The fourth-order valence-electron chi connectivity index (χ4n) is 2.44. The Kier molecular flexibility index (Phi) is 5.38. The summed E-state index contributed by atoms with van der Waals surface area (Å²) in [7, 11) is -2.24. The molecule has 1 aliphatic rings. The van der Waals surface area contributed by atoms with E-state index in [9.17, 15) is 8.42 Å². The Labute approximate surface area is 135 Å². The number of hydrogen-bond donors (Lipinski definition) is 1. The lowest BCUT2D eigenvalue weighted by Gasteiger charge is -2.31. The van der Waals surface area contributed by atoms with Crippen LogP contribution >= 0.6 is 23.2 Å². The number of nitrogens with one attached hydrogen (secondary N) is 1. The van der Waals surface area contributed by atoms with Gasteiger partial charge in [-0.2, -0.15) is 4.31 Å². The lowest BCUT2D eigenvalue weighted by atomic mass is 10.3. The molecular weight excluding hydrogens is 335 g/mol. The SMILES string of the molecule is CC[NH+]1CCN(S(=O)(=O)c2ccc(Cl)c(Cl)c2OC)CC1. The molecule has 0 spiro atoms. The molecule has 1 heterocycles. The van der Waals surface area contributed by atoms with Crippen LogP contribution in [0.25, 0.3) is 0 Å². The molecule has 118 valence electrons. The standard InChI is InChI=1S/C13H18Cl2N2O3S/c1-3-16-6-8-17(9-7-16)21(18,19)11-5-4-10(14)12(15)13(11)20-2/h4-5H,3,6-9H2,1-2H3/p+1. The van der Waals surface area contributed by atoms with Gasteiger partial charge >= 0.3 is 0 Å². The molecule has 0 amide bonds. The molecule has 1 aromatic carbocycles. The van der Waals surface area contributed by atoms with Crippen molar-refractivity contribution in [2.24, 2.45) is 0 Å². The second-order valence-electron chi connectivity index (χ2n) is 4.90. The first-order valence-corrected chi connectivity index (χ1v) is 8.97. The van der Waals surface area contributed by atoms with E-state index in [1.165, 1.54) is 28.4 Å². The maximum atomic E-state index is 12.8. The molecule has 0 atom stereocenters. The molecule has 5 nitrogen and oxygen atoms in total. The Morgan fingerprint density at radius 2 is 1.90 bits per heavy atom. The van der Waals surface area contributed by atoms with Gasteiger partial charge in [0.05, 0.1) is 44.9 Å². The zero-order valence-electron chi connectivity index (χ0n) is 12.0. The number of hydrogen-bond acceptors (Lipinski definition) is 3. The van der Waals surface area contributed by atoms with Crippen LogP contribution in [-0.2, 0) is 10.0 Å². The minimum atomic E-state index is -3.62. The number of ether oxygens (including phenoxy) is 1. The van der Waals surface area contributed by atoms with Crippen LogP contribution in [0.15, 0.2) is 17.0 Å². The number of sulfonamides is 1. The van der Waals surface area contributed by atoms with E-state index in [-0.39, 0.29) is 20.7 Å². The molecule has 21 heavy (non-hydrogen) atoms. The molecule has 1 aliphatic heterocycles. The molecule has 1 saturated heterocycles. The number of nitrogens with zero attached hydrogens (tertiary/aromatic N) is 1. The van der Waals surface area contributed by atoms with E-state index in [0.29, 0.717) is 13.1 Å². The Hall–Kier alpha value is -0.530. The second-order valence-corrected chi connectivity index (χ2v) is 7.59. The first-order chi connectivity index (χ1) is 9.91. The highest BCUT2D eigenvalue weighted by Crippen LogP contribution is 2.38. The Bertz CT molecular complexity index is 614. The fraction of sp³-hybridized carbons (Fsp3) is 0.538. The van der Waals surface area contributed by atoms with Crippen LogP contribution < -0.4 is 9.64 Å². The first kappa shape index (κ1) is 16.8. The van der Waals surface area contributed by atoms with Gasteiger partial charge in [-0.05, 0) is 19.1 Å². The molecule has 0 aliphatic carbocycles. The first-order valence-electron chi connectivity index (χ1n) is 6.77. The summed E-state index contributed by atoms with van der Waals surface area (Å²) in [5.74, 6) is 0.106. The van der Waals surface area contributed by atoms with Crippen LogP contribution in [-0.4, -0.2) is 52.6 Å². The number of likely N-dealkylation sites (N-methyl/N-ethyl adjacent to an activating group) is 1. The third kappa shape index (κ3) is 3.29. The third-order valence-electron chi connectivity index (χ3n) is 3.77. The summed E-state index contributed by atoms with van der Waals surface area (Å²) in [6.45, 7) is 5.70. The van der Waals surface area contributed by atoms with Crippen molar-refractivity contribution in [2.75, 3.05) is 39.8 Å². The number of piperazine rings is 1. The van der Waals surface area contributed by atoms with Crippen LogP contribution in [0.1, 0.15) is 6.92 Å². The van der Waals surface area contributed by atoms with Crippen molar-refractivity contribution in [2.45, 2.75) is 11.8 Å². The van der Waals surface area contributed by atoms with Crippen molar-refractivity contribution in [3.63, 3.8) is 0 Å². The Morgan fingerprint density at radius 1 is 1.29 bits per heavy atom. The lowest BCUT2D eigenvalue weighted by molar-refractivity contribution is -0.901. The lowest BCUT2D eigenvalue weighted by Crippen LogP contribution is -3.14. The van der Waals surface area contributed by atoms with Gasteiger partial charge < -0.3 is 9.64 Å². The molecular formula is C13H19Cl2N2O3S+. The number of rotatable bonds is 4. The van der Waals surface area contributed by atoms with Crippen LogP contribution in [0.4, 0.5) is 0 Å². The minimum absolute atomic E-state index is 0.0688. The molecule has 8 heteroatoms. The topological polar surface area (TPSA) is 51.0 Å². The van der Waals surface area contributed by atoms with Crippen molar-refractivity contribution in [1.82, 2.24) is 4.31 Å². The Balaban J connectivity index is 2.35. The summed E-state index contributed by atoms with van der Waals surface area (Å²) in [6, 6.07) is 2.92.